The van der Waals surface area contributed by atoms with E-state index in [-0.39, 0.29) is 5.33 Å². The molecule has 0 aliphatic carbocycles. The van der Waals surface area contributed by atoms with Crippen LogP contribution in [0.2, 0.25) is 0 Å². The summed E-state index contributed by atoms with van der Waals surface area (Å²) in [6.45, 7) is 0. The molecule has 0 radical (unpaired) electrons. The van der Waals surface area contributed by atoms with Crippen molar-refractivity contribution in [3.8, 4) is 0 Å². The van der Waals surface area contributed by atoms with Gasteiger partial charge in [-0.2, -0.15) is 13.2 Å². The molecule has 0 saturated heterocycles. The molecule has 0 amide bonds. The maximum Gasteiger partial charge on any atom is 0.402 e. The highest BCUT2D eigenvalue weighted by molar-refractivity contribution is 9.12. The van der Waals surface area contributed by atoms with Gasteiger partial charge in [-0.1, -0.05) is 31.9 Å². The highest BCUT2D eigenvalue weighted by Gasteiger charge is 2.36. The standard InChI is InChI=1S/C3H3Br2F3/c4-1-2(5)3(6,7)8/h2H,1H2/t2-/m0/s1. The van der Waals surface area contributed by atoms with Crippen molar-refractivity contribution < 1.29 is 13.2 Å². The highest BCUT2D eigenvalue weighted by Crippen LogP contribution is 2.27. The molecular weight excluding hydrogens is 253 g/mol. The minimum absolute atomic E-state index is 0.101. The van der Waals surface area contributed by atoms with Crippen molar-refractivity contribution in [2.24, 2.45) is 0 Å². The Kier molecular flexibility index (Phi) is 3.34. The van der Waals surface area contributed by atoms with Crippen LogP contribution in [0.1, 0.15) is 0 Å². The summed E-state index contributed by atoms with van der Waals surface area (Å²) in [7, 11) is 0. The van der Waals surface area contributed by atoms with Crippen LogP contribution < -0.4 is 0 Å². The SMILES string of the molecule is FC(F)(F)[C@@H](Br)CBr. The van der Waals surface area contributed by atoms with Crippen LogP contribution in [0.4, 0.5) is 13.2 Å². The first kappa shape index (κ1) is 8.75. The van der Waals surface area contributed by atoms with Crippen molar-refractivity contribution >= 4 is 31.9 Å². The van der Waals surface area contributed by atoms with Gasteiger partial charge in [0, 0.05) is 5.33 Å². The Morgan fingerprint density at radius 3 is 1.75 bits per heavy atom. The van der Waals surface area contributed by atoms with E-state index >= 15 is 0 Å². The summed E-state index contributed by atoms with van der Waals surface area (Å²) < 4.78 is 34.1. The zero-order valence-electron chi connectivity index (χ0n) is 3.67. The molecule has 8 heavy (non-hydrogen) atoms. The van der Waals surface area contributed by atoms with E-state index in [0.29, 0.717) is 0 Å². The summed E-state index contributed by atoms with van der Waals surface area (Å²) in [5, 5.41) is -0.101. The Balaban J connectivity index is 3.62. The molecule has 1 atom stereocenters. The summed E-state index contributed by atoms with van der Waals surface area (Å²) in [4.78, 5) is -1.42. The van der Waals surface area contributed by atoms with E-state index < -0.39 is 11.0 Å². The molecule has 0 aromatic heterocycles. The van der Waals surface area contributed by atoms with Crippen LogP contribution in [0.5, 0.6) is 0 Å². The second-order valence-corrected chi connectivity index (χ2v) is 2.92. The summed E-state index contributed by atoms with van der Waals surface area (Å²) in [6.07, 6.45) is -4.12. The van der Waals surface area contributed by atoms with Crippen LogP contribution in [0, 0.1) is 0 Å². The lowest BCUT2D eigenvalue weighted by Gasteiger charge is -2.08. The van der Waals surface area contributed by atoms with Gasteiger partial charge in [-0.05, 0) is 0 Å². The van der Waals surface area contributed by atoms with Gasteiger partial charge < -0.3 is 0 Å². The molecule has 0 spiro atoms. The van der Waals surface area contributed by atoms with E-state index in [2.05, 4.69) is 31.9 Å². The fraction of sp³-hybridized carbons (Fsp3) is 1.00. The molecule has 0 fully saturated rings. The minimum atomic E-state index is -4.12. The summed E-state index contributed by atoms with van der Waals surface area (Å²) in [6, 6.07) is 0. The predicted octanol–water partition coefficient (Wildman–Crippen LogP) is 2.71. The lowest BCUT2D eigenvalue weighted by atomic mass is 10.5. The van der Waals surface area contributed by atoms with E-state index in [0.717, 1.165) is 0 Å². The Labute approximate surface area is 61.7 Å². The third-order valence-electron chi connectivity index (χ3n) is 0.491. The van der Waals surface area contributed by atoms with E-state index in [1.54, 1.807) is 0 Å². The molecule has 0 aliphatic rings. The fourth-order valence-corrected chi connectivity index (χ4v) is 0.455. The van der Waals surface area contributed by atoms with Gasteiger partial charge in [0.15, 0.2) is 0 Å². The second-order valence-electron chi connectivity index (χ2n) is 1.16. The van der Waals surface area contributed by atoms with E-state index in [4.69, 9.17) is 0 Å². The van der Waals surface area contributed by atoms with E-state index in [1.807, 2.05) is 0 Å². The van der Waals surface area contributed by atoms with Gasteiger partial charge in [-0.15, -0.1) is 0 Å². The Bertz CT molecular complexity index is 69.4. The molecule has 0 aliphatic heterocycles. The summed E-state index contributed by atoms with van der Waals surface area (Å²) in [5.74, 6) is 0. The van der Waals surface area contributed by atoms with Crippen LogP contribution in [0.25, 0.3) is 0 Å². The third kappa shape index (κ3) is 2.91. The van der Waals surface area contributed by atoms with Gasteiger partial charge >= 0.3 is 6.18 Å². The van der Waals surface area contributed by atoms with Crippen LogP contribution in [-0.4, -0.2) is 16.3 Å². The van der Waals surface area contributed by atoms with Gasteiger partial charge in [0.1, 0.15) is 4.83 Å². The molecule has 0 N–H and O–H groups in total. The van der Waals surface area contributed by atoms with Crippen molar-refractivity contribution in [2.45, 2.75) is 11.0 Å². The highest BCUT2D eigenvalue weighted by atomic mass is 79.9. The van der Waals surface area contributed by atoms with E-state index in [1.165, 1.54) is 0 Å². The summed E-state index contributed by atoms with van der Waals surface area (Å²) in [5.41, 5.74) is 0. The average Bonchev–Trinajstić information content (AvgIpc) is 1.62. The topological polar surface area (TPSA) is 0 Å². The number of rotatable bonds is 1. The first-order valence-electron chi connectivity index (χ1n) is 1.75. The Morgan fingerprint density at radius 1 is 1.38 bits per heavy atom. The lowest BCUT2D eigenvalue weighted by Crippen LogP contribution is -2.23. The number of hydrogen-bond acceptors (Lipinski definition) is 0. The largest absolute Gasteiger partial charge is 0.402 e. The fourth-order valence-electron chi connectivity index (χ4n) is 0.0875. The smallest absolute Gasteiger partial charge is 0.170 e. The van der Waals surface area contributed by atoms with Crippen molar-refractivity contribution in [3.63, 3.8) is 0 Å². The van der Waals surface area contributed by atoms with Crippen LogP contribution in [0.3, 0.4) is 0 Å². The molecule has 50 valence electrons. The van der Waals surface area contributed by atoms with Gasteiger partial charge in [0.2, 0.25) is 0 Å². The maximum absolute atomic E-state index is 11.4. The van der Waals surface area contributed by atoms with Crippen LogP contribution in [0.15, 0.2) is 0 Å². The van der Waals surface area contributed by atoms with Gasteiger partial charge in [0.05, 0.1) is 0 Å². The first-order valence-corrected chi connectivity index (χ1v) is 3.79. The summed E-state index contributed by atoms with van der Waals surface area (Å²) >= 11 is 5.11. The number of hydrogen-bond donors (Lipinski definition) is 0. The molecule has 0 aromatic carbocycles. The molecule has 0 unspecified atom stereocenters. The number of halogens is 5. The predicted molar refractivity (Wildman–Crippen MR) is 32.6 cm³/mol. The van der Waals surface area contributed by atoms with Gasteiger partial charge in [-0.3, -0.25) is 0 Å². The van der Waals surface area contributed by atoms with Crippen molar-refractivity contribution in [2.75, 3.05) is 5.33 Å². The van der Waals surface area contributed by atoms with Gasteiger partial charge in [-0.25, -0.2) is 0 Å². The minimum Gasteiger partial charge on any atom is -0.170 e. The second kappa shape index (κ2) is 3.06. The van der Waals surface area contributed by atoms with Crippen LogP contribution in [-0.2, 0) is 0 Å². The Hall–Kier alpha value is 0.750. The van der Waals surface area contributed by atoms with E-state index in [9.17, 15) is 13.2 Å². The molecule has 0 heterocycles. The lowest BCUT2D eigenvalue weighted by molar-refractivity contribution is -0.122. The molecule has 0 nitrogen and oxygen atoms in total. The monoisotopic (exact) mass is 254 g/mol. The average molecular weight is 256 g/mol. The zero-order valence-corrected chi connectivity index (χ0v) is 6.85. The van der Waals surface area contributed by atoms with Crippen molar-refractivity contribution in [1.29, 1.82) is 0 Å². The molecule has 0 saturated carbocycles. The van der Waals surface area contributed by atoms with Crippen LogP contribution >= 0.6 is 31.9 Å². The number of alkyl halides is 5. The molecule has 5 heteroatoms. The third-order valence-corrected chi connectivity index (χ3v) is 2.85. The normalized spacial score (nSPS) is 16.1. The molecule has 0 aromatic rings. The first-order chi connectivity index (χ1) is 3.48. The quantitative estimate of drug-likeness (QED) is 0.632. The Morgan fingerprint density at radius 2 is 1.75 bits per heavy atom. The van der Waals surface area contributed by atoms with Crippen molar-refractivity contribution in [3.05, 3.63) is 0 Å². The molecule has 0 bridgehead atoms. The van der Waals surface area contributed by atoms with Crippen molar-refractivity contribution in [1.82, 2.24) is 0 Å². The maximum atomic E-state index is 11.4. The molecular formula is C3H3Br2F3. The zero-order chi connectivity index (χ0) is 6.78. The molecule has 0 rings (SSSR count). The van der Waals surface area contributed by atoms with Gasteiger partial charge in [0.25, 0.3) is 0 Å².